The van der Waals surface area contributed by atoms with Gasteiger partial charge in [0.05, 0.1) is 4.92 Å². The molecule has 0 unspecified atom stereocenters. The van der Waals surface area contributed by atoms with Gasteiger partial charge in [-0.05, 0) is 19.0 Å². The van der Waals surface area contributed by atoms with Crippen LogP contribution in [0, 0.1) is 10.1 Å². The predicted molar refractivity (Wildman–Crippen MR) is 67.8 cm³/mol. The van der Waals surface area contributed by atoms with E-state index in [1.54, 1.807) is 12.3 Å². The average Bonchev–Trinajstić information content (AvgIpc) is 2.81. The van der Waals surface area contributed by atoms with Crippen LogP contribution >= 0.6 is 12.4 Å². The molecule has 0 saturated carbocycles. The van der Waals surface area contributed by atoms with Crippen LogP contribution in [-0.4, -0.2) is 36.1 Å². The van der Waals surface area contributed by atoms with E-state index < -0.39 is 0 Å². The quantitative estimate of drug-likeness (QED) is 0.652. The molecule has 1 aromatic heterocycles. The lowest BCUT2D eigenvalue weighted by Gasteiger charge is -2.24. The maximum absolute atomic E-state index is 10.9. The van der Waals surface area contributed by atoms with E-state index in [1.807, 2.05) is 11.9 Å². The van der Waals surface area contributed by atoms with E-state index >= 15 is 0 Å². The van der Waals surface area contributed by atoms with E-state index in [0.717, 1.165) is 19.5 Å². The summed E-state index contributed by atoms with van der Waals surface area (Å²) in [6, 6.07) is 3.36. The lowest BCUT2D eigenvalue weighted by Crippen LogP contribution is -2.34. The third kappa shape index (κ3) is 2.83. The lowest BCUT2D eigenvalue weighted by atomic mass is 10.2. The summed E-state index contributed by atoms with van der Waals surface area (Å²) in [5.41, 5.74) is 0.0666. The van der Waals surface area contributed by atoms with Crippen LogP contribution in [0.4, 0.5) is 11.5 Å². The number of likely N-dealkylation sites (N-methyl/N-ethyl adjacent to an activating group) is 1. The van der Waals surface area contributed by atoms with E-state index in [4.69, 9.17) is 0 Å². The van der Waals surface area contributed by atoms with Gasteiger partial charge in [0.25, 0.3) is 0 Å². The maximum Gasteiger partial charge on any atom is 0.311 e. The Labute approximate surface area is 106 Å². The monoisotopic (exact) mass is 258 g/mol. The van der Waals surface area contributed by atoms with Gasteiger partial charge >= 0.3 is 5.69 Å². The molecule has 0 bridgehead atoms. The van der Waals surface area contributed by atoms with Crippen molar-refractivity contribution in [3.05, 3.63) is 28.4 Å². The van der Waals surface area contributed by atoms with Gasteiger partial charge in [0.1, 0.15) is 0 Å². The topological polar surface area (TPSA) is 71.3 Å². The van der Waals surface area contributed by atoms with Gasteiger partial charge in [-0.3, -0.25) is 10.1 Å². The third-order valence-corrected chi connectivity index (χ3v) is 2.88. The van der Waals surface area contributed by atoms with Gasteiger partial charge in [-0.2, -0.15) is 0 Å². The van der Waals surface area contributed by atoms with Crippen LogP contribution in [0.15, 0.2) is 18.3 Å². The van der Waals surface area contributed by atoms with Crippen LogP contribution in [0.25, 0.3) is 0 Å². The van der Waals surface area contributed by atoms with Crippen molar-refractivity contribution in [1.29, 1.82) is 0 Å². The van der Waals surface area contributed by atoms with Crippen molar-refractivity contribution in [3.8, 4) is 0 Å². The number of nitro groups is 1. The number of nitrogens with zero attached hydrogens (tertiary/aromatic N) is 3. The highest BCUT2D eigenvalue weighted by Gasteiger charge is 2.25. The predicted octanol–water partition coefficient (Wildman–Crippen LogP) is 1.21. The summed E-state index contributed by atoms with van der Waals surface area (Å²) < 4.78 is 0. The Kier molecular flexibility index (Phi) is 4.65. The molecule has 94 valence electrons. The van der Waals surface area contributed by atoms with Crippen LogP contribution in [0.5, 0.6) is 0 Å². The molecule has 0 amide bonds. The van der Waals surface area contributed by atoms with Crippen molar-refractivity contribution >= 4 is 23.9 Å². The van der Waals surface area contributed by atoms with Crippen LogP contribution < -0.4 is 10.2 Å². The fourth-order valence-electron chi connectivity index (χ4n) is 1.95. The number of hydrogen-bond donors (Lipinski definition) is 1. The van der Waals surface area contributed by atoms with E-state index in [0.29, 0.717) is 5.82 Å². The number of rotatable bonds is 3. The Balaban J connectivity index is 0.00000144. The SMILES string of the molecule is CN(c1ncccc1[N+](=O)[O-])[C@H]1CCNC1.Cl. The van der Waals surface area contributed by atoms with E-state index in [2.05, 4.69) is 10.3 Å². The lowest BCUT2D eigenvalue weighted by molar-refractivity contribution is -0.384. The maximum atomic E-state index is 10.9. The standard InChI is InChI=1S/C10H14N4O2.ClH/c1-13(8-4-6-11-7-8)10-9(14(15)16)3-2-5-12-10;/h2-3,5,8,11H,4,6-7H2,1H3;1H/t8-;/m0./s1. The zero-order valence-electron chi connectivity index (χ0n) is 9.50. The molecule has 7 heteroatoms. The summed E-state index contributed by atoms with van der Waals surface area (Å²) in [7, 11) is 1.85. The van der Waals surface area contributed by atoms with Gasteiger partial charge in [-0.25, -0.2) is 4.98 Å². The first kappa shape index (κ1) is 13.7. The molecule has 1 aliphatic rings. The molecule has 2 heterocycles. The number of aromatic nitrogens is 1. The van der Waals surface area contributed by atoms with E-state index in [1.165, 1.54) is 6.07 Å². The highest BCUT2D eigenvalue weighted by molar-refractivity contribution is 5.85. The summed E-state index contributed by atoms with van der Waals surface area (Å²) in [5, 5.41) is 14.1. The second-order valence-corrected chi connectivity index (χ2v) is 3.86. The first-order valence-electron chi connectivity index (χ1n) is 5.23. The smallest absolute Gasteiger partial charge is 0.311 e. The molecule has 1 atom stereocenters. The Hall–Kier alpha value is -1.40. The summed E-state index contributed by atoms with van der Waals surface area (Å²) in [4.78, 5) is 16.5. The molecule has 0 aliphatic carbocycles. The summed E-state index contributed by atoms with van der Waals surface area (Å²) >= 11 is 0. The number of halogens is 1. The number of hydrogen-bond acceptors (Lipinski definition) is 5. The minimum atomic E-state index is -0.388. The van der Waals surface area contributed by atoms with E-state index in [9.17, 15) is 10.1 Å². The first-order valence-corrected chi connectivity index (χ1v) is 5.23. The van der Waals surface area contributed by atoms with Gasteiger partial charge in [0.15, 0.2) is 0 Å². The van der Waals surface area contributed by atoms with Crippen molar-refractivity contribution < 1.29 is 4.92 Å². The summed E-state index contributed by atoms with van der Waals surface area (Å²) in [6.07, 6.45) is 2.57. The molecule has 1 N–H and O–H groups in total. The molecule has 1 aromatic rings. The molecular formula is C10H15ClN4O2. The van der Waals surface area contributed by atoms with Gasteiger partial charge in [0.2, 0.25) is 5.82 Å². The number of anilines is 1. The third-order valence-electron chi connectivity index (χ3n) is 2.88. The van der Waals surface area contributed by atoms with Crippen molar-refractivity contribution in [2.45, 2.75) is 12.5 Å². The second-order valence-electron chi connectivity index (χ2n) is 3.86. The molecule has 0 spiro atoms. The minimum absolute atomic E-state index is 0. The van der Waals surface area contributed by atoms with Gasteiger partial charge in [-0.15, -0.1) is 12.4 Å². The molecule has 1 aliphatic heterocycles. The molecule has 6 nitrogen and oxygen atoms in total. The van der Waals surface area contributed by atoms with Crippen molar-refractivity contribution in [2.75, 3.05) is 25.0 Å². The Morgan fingerprint density at radius 2 is 2.41 bits per heavy atom. The highest BCUT2D eigenvalue weighted by Crippen LogP contribution is 2.26. The summed E-state index contributed by atoms with van der Waals surface area (Å²) in [6.45, 7) is 1.81. The van der Waals surface area contributed by atoms with Crippen LogP contribution in [0.2, 0.25) is 0 Å². The average molecular weight is 259 g/mol. The van der Waals surface area contributed by atoms with Gasteiger partial charge in [-0.1, -0.05) is 0 Å². The first-order chi connectivity index (χ1) is 7.70. The summed E-state index contributed by atoms with van der Waals surface area (Å²) in [5.74, 6) is 0.446. The van der Waals surface area contributed by atoms with Crippen LogP contribution in [0.3, 0.4) is 0 Å². The Morgan fingerprint density at radius 1 is 1.65 bits per heavy atom. The van der Waals surface area contributed by atoms with Crippen LogP contribution in [0.1, 0.15) is 6.42 Å². The zero-order valence-corrected chi connectivity index (χ0v) is 10.3. The number of pyridine rings is 1. The minimum Gasteiger partial charge on any atom is -0.350 e. The van der Waals surface area contributed by atoms with Gasteiger partial charge in [0, 0.05) is 31.9 Å². The molecule has 0 aromatic carbocycles. The molecule has 1 fully saturated rings. The van der Waals surface area contributed by atoms with Gasteiger partial charge < -0.3 is 10.2 Å². The molecule has 17 heavy (non-hydrogen) atoms. The second kappa shape index (κ2) is 5.79. The largest absolute Gasteiger partial charge is 0.350 e. The Morgan fingerprint density at radius 3 is 3.00 bits per heavy atom. The molecule has 2 rings (SSSR count). The van der Waals surface area contributed by atoms with Crippen molar-refractivity contribution in [1.82, 2.24) is 10.3 Å². The normalized spacial score (nSPS) is 18.5. The fraction of sp³-hybridized carbons (Fsp3) is 0.500. The molecular weight excluding hydrogens is 244 g/mol. The van der Waals surface area contributed by atoms with E-state index in [-0.39, 0.29) is 29.1 Å². The molecule has 1 saturated heterocycles. The van der Waals surface area contributed by atoms with Crippen molar-refractivity contribution in [2.24, 2.45) is 0 Å². The van der Waals surface area contributed by atoms with Crippen LogP contribution in [-0.2, 0) is 0 Å². The Bertz CT molecular complexity index is 396. The number of nitrogens with one attached hydrogen (secondary N) is 1. The van der Waals surface area contributed by atoms with Crippen molar-refractivity contribution in [3.63, 3.8) is 0 Å². The highest BCUT2D eigenvalue weighted by atomic mass is 35.5. The zero-order chi connectivity index (χ0) is 11.5. The molecule has 0 radical (unpaired) electrons. The fourth-order valence-corrected chi connectivity index (χ4v) is 1.95.